The Balaban J connectivity index is 1.75. The predicted octanol–water partition coefficient (Wildman–Crippen LogP) is 1.53. The van der Waals surface area contributed by atoms with Gasteiger partial charge in [-0.05, 0) is 25.2 Å². The molecule has 0 spiro atoms. The fraction of sp³-hybridized carbons (Fsp3) is 0.400. The minimum absolute atomic E-state index is 0.0107. The molecule has 0 unspecified atom stereocenters. The molecule has 0 saturated carbocycles. The summed E-state index contributed by atoms with van der Waals surface area (Å²) >= 11 is 0. The van der Waals surface area contributed by atoms with Crippen LogP contribution in [-0.2, 0) is 6.54 Å². The molecule has 0 N–H and O–H groups in total. The van der Waals surface area contributed by atoms with Crippen molar-refractivity contribution >= 4 is 5.69 Å². The molecule has 0 atom stereocenters. The van der Waals surface area contributed by atoms with E-state index >= 15 is 0 Å². The average molecular weight is 301 g/mol. The Bertz CT molecular complexity index is 644. The lowest BCUT2D eigenvalue weighted by molar-refractivity contribution is -0.385. The van der Waals surface area contributed by atoms with E-state index in [0.717, 1.165) is 38.4 Å². The summed E-state index contributed by atoms with van der Waals surface area (Å²) in [7, 11) is 2.14. The standard InChI is InChI=1S/C15H19N5O2/c1-17-7-9-18(10-8-17)12-14-3-2-6-19(14)15-5-4-13(11-16-15)20(21)22/h2-6,11H,7-10,12H2,1H3. The van der Waals surface area contributed by atoms with Crippen LogP contribution in [0.3, 0.4) is 0 Å². The number of rotatable bonds is 4. The van der Waals surface area contributed by atoms with Crippen molar-refractivity contribution in [2.24, 2.45) is 0 Å². The van der Waals surface area contributed by atoms with E-state index in [1.54, 1.807) is 6.07 Å². The van der Waals surface area contributed by atoms with E-state index in [1.807, 2.05) is 16.8 Å². The van der Waals surface area contributed by atoms with Crippen molar-refractivity contribution in [3.8, 4) is 5.82 Å². The van der Waals surface area contributed by atoms with Crippen LogP contribution >= 0.6 is 0 Å². The lowest BCUT2D eigenvalue weighted by Crippen LogP contribution is -2.44. The first kappa shape index (κ1) is 14.7. The molecule has 2 aromatic heterocycles. The molecule has 1 fully saturated rings. The third-order valence-electron chi connectivity index (χ3n) is 4.00. The van der Waals surface area contributed by atoms with E-state index in [1.165, 1.54) is 12.3 Å². The van der Waals surface area contributed by atoms with Crippen molar-refractivity contribution in [1.82, 2.24) is 19.4 Å². The van der Waals surface area contributed by atoms with Gasteiger partial charge in [0.15, 0.2) is 0 Å². The zero-order chi connectivity index (χ0) is 15.5. The Morgan fingerprint density at radius 1 is 1.23 bits per heavy atom. The molecule has 0 amide bonds. The first-order chi connectivity index (χ1) is 10.6. The van der Waals surface area contributed by atoms with Gasteiger partial charge in [0.2, 0.25) is 0 Å². The highest BCUT2D eigenvalue weighted by atomic mass is 16.6. The highest BCUT2D eigenvalue weighted by Crippen LogP contribution is 2.16. The highest BCUT2D eigenvalue weighted by molar-refractivity contribution is 5.35. The summed E-state index contributed by atoms with van der Waals surface area (Å²) in [6, 6.07) is 7.23. The smallest absolute Gasteiger partial charge is 0.287 e. The Morgan fingerprint density at radius 2 is 2.00 bits per heavy atom. The van der Waals surface area contributed by atoms with Crippen molar-refractivity contribution in [3.05, 3.63) is 52.5 Å². The number of aromatic nitrogens is 2. The summed E-state index contributed by atoms with van der Waals surface area (Å²) in [4.78, 5) is 19.2. The fourth-order valence-electron chi connectivity index (χ4n) is 2.63. The van der Waals surface area contributed by atoms with Crippen molar-refractivity contribution in [2.45, 2.75) is 6.54 Å². The van der Waals surface area contributed by atoms with Gasteiger partial charge in [0, 0.05) is 50.7 Å². The second-order valence-electron chi connectivity index (χ2n) is 5.58. The van der Waals surface area contributed by atoms with E-state index in [4.69, 9.17) is 0 Å². The number of hydrogen-bond donors (Lipinski definition) is 0. The van der Waals surface area contributed by atoms with E-state index in [2.05, 4.69) is 27.9 Å². The molecule has 2 aromatic rings. The van der Waals surface area contributed by atoms with Crippen molar-refractivity contribution in [1.29, 1.82) is 0 Å². The molecule has 7 nitrogen and oxygen atoms in total. The molecular formula is C15H19N5O2. The van der Waals surface area contributed by atoms with E-state index in [9.17, 15) is 10.1 Å². The molecule has 22 heavy (non-hydrogen) atoms. The van der Waals surface area contributed by atoms with E-state index < -0.39 is 4.92 Å². The zero-order valence-electron chi connectivity index (χ0n) is 12.6. The normalized spacial score (nSPS) is 16.8. The maximum Gasteiger partial charge on any atom is 0.287 e. The van der Waals surface area contributed by atoms with Crippen LogP contribution in [0, 0.1) is 10.1 Å². The monoisotopic (exact) mass is 301 g/mol. The maximum atomic E-state index is 10.7. The lowest BCUT2D eigenvalue weighted by Gasteiger charge is -2.32. The SMILES string of the molecule is CN1CCN(Cc2cccn2-c2ccc([N+](=O)[O-])cn2)CC1. The van der Waals surface area contributed by atoms with E-state index in [0.29, 0.717) is 5.82 Å². The molecule has 1 saturated heterocycles. The highest BCUT2D eigenvalue weighted by Gasteiger charge is 2.16. The number of nitrogens with zero attached hydrogens (tertiary/aromatic N) is 5. The number of hydrogen-bond acceptors (Lipinski definition) is 5. The number of pyridine rings is 1. The Morgan fingerprint density at radius 3 is 2.64 bits per heavy atom. The van der Waals surface area contributed by atoms with Crippen LogP contribution in [0.2, 0.25) is 0 Å². The van der Waals surface area contributed by atoms with Gasteiger partial charge in [0.25, 0.3) is 5.69 Å². The minimum atomic E-state index is -0.433. The summed E-state index contributed by atoms with van der Waals surface area (Å²) in [5, 5.41) is 10.7. The molecule has 116 valence electrons. The lowest BCUT2D eigenvalue weighted by atomic mass is 10.3. The molecular weight excluding hydrogens is 282 g/mol. The molecule has 3 heterocycles. The maximum absolute atomic E-state index is 10.7. The van der Waals surface area contributed by atoms with Gasteiger partial charge in [-0.25, -0.2) is 4.98 Å². The van der Waals surface area contributed by atoms with Crippen LogP contribution < -0.4 is 0 Å². The van der Waals surface area contributed by atoms with Gasteiger partial charge in [-0.2, -0.15) is 0 Å². The second-order valence-corrected chi connectivity index (χ2v) is 5.58. The van der Waals surface area contributed by atoms with Crippen LogP contribution in [0.5, 0.6) is 0 Å². The molecule has 3 rings (SSSR count). The number of piperazine rings is 1. The van der Waals surface area contributed by atoms with Crippen molar-refractivity contribution in [2.75, 3.05) is 33.2 Å². The summed E-state index contributed by atoms with van der Waals surface area (Å²) < 4.78 is 1.99. The van der Waals surface area contributed by atoms with Crippen LogP contribution in [0.4, 0.5) is 5.69 Å². The minimum Gasteiger partial charge on any atom is -0.304 e. The van der Waals surface area contributed by atoms with Crippen LogP contribution in [0.1, 0.15) is 5.69 Å². The topological polar surface area (TPSA) is 67.4 Å². The fourth-order valence-corrected chi connectivity index (χ4v) is 2.63. The third kappa shape index (κ3) is 3.15. The van der Waals surface area contributed by atoms with Gasteiger partial charge in [0.1, 0.15) is 12.0 Å². The van der Waals surface area contributed by atoms with Crippen molar-refractivity contribution in [3.63, 3.8) is 0 Å². The predicted molar refractivity (Wildman–Crippen MR) is 83.0 cm³/mol. The second kappa shape index (κ2) is 6.25. The van der Waals surface area contributed by atoms with Gasteiger partial charge < -0.3 is 9.47 Å². The van der Waals surface area contributed by atoms with Crippen LogP contribution in [0.15, 0.2) is 36.7 Å². The Kier molecular flexibility index (Phi) is 4.17. The number of nitro groups is 1. The third-order valence-corrected chi connectivity index (χ3v) is 4.00. The molecule has 0 bridgehead atoms. The molecule has 1 aliphatic rings. The summed E-state index contributed by atoms with van der Waals surface area (Å²) in [6.07, 6.45) is 3.24. The van der Waals surface area contributed by atoms with Crippen molar-refractivity contribution < 1.29 is 4.92 Å². The van der Waals surface area contributed by atoms with Crippen LogP contribution in [0.25, 0.3) is 5.82 Å². The molecule has 7 heteroatoms. The molecule has 0 aliphatic carbocycles. The van der Waals surface area contributed by atoms with Gasteiger partial charge >= 0.3 is 0 Å². The first-order valence-corrected chi connectivity index (χ1v) is 7.31. The molecule has 0 radical (unpaired) electrons. The summed E-state index contributed by atoms with van der Waals surface area (Å²) in [5.74, 6) is 0.708. The quantitative estimate of drug-likeness (QED) is 0.633. The van der Waals surface area contributed by atoms with Crippen LogP contribution in [-0.4, -0.2) is 57.5 Å². The Hall–Kier alpha value is -2.25. The zero-order valence-corrected chi connectivity index (χ0v) is 12.6. The van der Waals surface area contributed by atoms with Gasteiger partial charge in [-0.1, -0.05) is 0 Å². The van der Waals surface area contributed by atoms with Gasteiger partial charge in [-0.3, -0.25) is 15.0 Å². The molecule has 0 aromatic carbocycles. The van der Waals surface area contributed by atoms with E-state index in [-0.39, 0.29) is 5.69 Å². The largest absolute Gasteiger partial charge is 0.304 e. The molecule has 1 aliphatic heterocycles. The Labute approximate surface area is 128 Å². The van der Waals surface area contributed by atoms with Gasteiger partial charge in [-0.15, -0.1) is 0 Å². The first-order valence-electron chi connectivity index (χ1n) is 7.31. The van der Waals surface area contributed by atoms with Gasteiger partial charge in [0.05, 0.1) is 4.92 Å². The number of likely N-dealkylation sites (N-methyl/N-ethyl adjacent to an activating group) is 1. The summed E-state index contributed by atoms with van der Waals surface area (Å²) in [5.41, 5.74) is 1.16. The summed E-state index contributed by atoms with van der Waals surface area (Å²) in [6.45, 7) is 5.12. The average Bonchev–Trinajstić information content (AvgIpc) is 2.98.